The summed E-state index contributed by atoms with van der Waals surface area (Å²) < 4.78 is 0. The van der Waals surface area contributed by atoms with Gasteiger partial charge in [0.1, 0.15) is 0 Å². The molecule has 1 aromatic carbocycles. The van der Waals surface area contributed by atoms with Gasteiger partial charge in [-0.05, 0) is 35.9 Å². The molecular formula is C14H18N2. The summed E-state index contributed by atoms with van der Waals surface area (Å²) in [5, 5.41) is 6.66. The van der Waals surface area contributed by atoms with Crippen LogP contribution in [0, 0.1) is 0 Å². The lowest BCUT2D eigenvalue weighted by Crippen LogP contribution is -2.38. The van der Waals surface area contributed by atoms with Crippen molar-refractivity contribution in [2.75, 3.05) is 0 Å². The van der Waals surface area contributed by atoms with E-state index in [-0.39, 0.29) is 6.17 Å². The smallest absolute Gasteiger partial charge is 0.0962 e. The topological polar surface area (TPSA) is 24.1 Å². The first-order valence-electron chi connectivity index (χ1n) is 5.79. The fraction of sp³-hybridized carbons (Fsp3) is 0.286. The zero-order valence-corrected chi connectivity index (χ0v) is 9.61. The maximum atomic E-state index is 3.43. The molecule has 0 saturated carbocycles. The lowest BCUT2D eigenvalue weighted by Gasteiger charge is -2.17. The minimum Gasteiger partial charge on any atom is -0.372 e. The Kier molecular flexibility index (Phi) is 3.78. The molecule has 0 spiro atoms. The van der Waals surface area contributed by atoms with Crippen molar-refractivity contribution < 1.29 is 0 Å². The number of nitrogens with one attached hydrogen (secondary N) is 2. The highest BCUT2D eigenvalue weighted by Gasteiger charge is 2.02. The monoisotopic (exact) mass is 214 g/mol. The van der Waals surface area contributed by atoms with Crippen LogP contribution in [0.25, 0.3) is 0 Å². The Morgan fingerprint density at radius 1 is 1.12 bits per heavy atom. The summed E-state index contributed by atoms with van der Waals surface area (Å²) in [6.45, 7) is 3.07. The summed E-state index contributed by atoms with van der Waals surface area (Å²) in [7, 11) is 0. The molecule has 1 aliphatic heterocycles. The summed E-state index contributed by atoms with van der Waals surface area (Å²) in [5.41, 5.74) is 2.71. The van der Waals surface area contributed by atoms with Gasteiger partial charge in [0.05, 0.1) is 6.17 Å². The lowest BCUT2D eigenvalue weighted by atomic mass is 10.1. The second kappa shape index (κ2) is 5.52. The van der Waals surface area contributed by atoms with Gasteiger partial charge in [-0.25, -0.2) is 0 Å². The summed E-state index contributed by atoms with van der Waals surface area (Å²) >= 11 is 0. The third-order valence-electron chi connectivity index (χ3n) is 2.74. The molecule has 16 heavy (non-hydrogen) atoms. The maximum Gasteiger partial charge on any atom is 0.0962 e. The van der Waals surface area contributed by atoms with Gasteiger partial charge in [0.25, 0.3) is 0 Å². The molecule has 2 nitrogen and oxygen atoms in total. The number of allylic oxidation sites excluding steroid dienone is 2. The quantitative estimate of drug-likeness (QED) is 0.804. The number of hydrogen-bond acceptors (Lipinski definition) is 2. The van der Waals surface area contributed by atoms with Gasteiger partial charge in [0.15, 0.2) is 0 Å². The van der Waals surface area contributed by atoms with E-state index in [1.54, 1.807) is 0 Å². The molecule has 2 N–H and O–H groups in total. The zero-order valence-electron chi connectivity index (χ0n) is 9.61. The second-order valence-corrected chi connectivity index (χ2v) is 3.94. The first-order chi connectivity index (χ1) is 7.88. The molecule has 0 fully saturated rings. The van der Waals surface area contributed by atoms with Crippen LogP contribution in [0.5, 0.6) is 0 Å². The minimum atomic E-state index is 0.246. The van der Waals surface area contributed by atoms with E-state index in [0.717, 1.165) is 13.0 Å². The second-order valence-electron chi connectivity index (χ2n) is 3.94. The molecule has 84 valence electrons. The SMILES string of the molecule is CCc1ccc(CNC2C=CC=CN2)cc1. The molecule has 0 bridgehead atoms. The number of hydrogen-bond donors (Lipinski definition) is 2. The van der Waals surface area contributed by atoms with Gasteiger partial charge in [-0.3, -0.25) is 5.32 Å². The Morgan fingerprint density at radius 3 is 2.50 bits per heavy atom. The van der Waals surface area contributed by atoms with Crippen molar-refractivity contribution in [1.29, 1.82) is 0 Å². The van der Waals surface area contributed by atoms with Crippen LogP contribution in [0.15, 0.2) is 48.7 Å². The maximum absolute atomic E-state index is 3.43. The first kappa shape index (κ1) is 11.0. The number of benzene rings is 1. The molecule has 0 saturated heterocycles. The van der Waals surface area contributed by atoms with E-state index in [0.29, 0.717) is 0 Å². The molecule has 1 atom stereocenters. The van der Waals surface area contributed by atoms with Gasteiger partial charge in [0, 0.05) is 6.54 Å². The van der Waals surface area contributed by atoms with Crippen molar-refractivity contribution in [3.05, 3.63) is 59.8 Å². The normalized spacial score (nSPS) is 18.4. The van der Waals surface area contributed by atoms with Crippen LogP contribution in [0.1, 0.15) is 18.1 Å². The van der Waals surface area contributed by atoms with Crippen LogP contribution in [0.3, 0.4) is 0 Å². The Balaban J connectivity index is 1.84. The van der Waals surface area contributed by atoms with E-state index in [9.17, 15) is 0 Å². The van der Waals surface area contributed by atoms with Crippen molar-refractivity contribution in [1.82, 2.24) is 10.6 Å². The van der Waals surface area contributed by atoms with E-state index >= 15 is 0 Å². The van der Waals surface area contributed by atoms with Gasteiger partial charge >= 0.3 is 0 Å². The highest BCUT2D eigenvalue weighted by molar-refractivity contribution is 5.22. The molecular weight excluding hydrogens is 196 g/mol. The first-order valence-corrected chi connectivity index (χ1v) is 5.79. The van der Waals surface area contributed by atoms with Gasteiger partial charge in [-0.1, -0.05) is 37.3 Å². The molecule has 2 heteroatoms. The standard InChI is InChI=1S/C14H18N2/c1-2-12-6-8-13(9-7-12)11-16-14-5-3-4-10-15-14/h3-10,14-16H,2,11H2,1H3. The van der Waals surface area contributed by atoms with Crippen LogP contribution in [0.2, 0.25) is 0 Å². The van der Waals surface area contributed by atoms with Crippen molar-refractivity contribution in [3.8, 4) is 0 Å². The Morgan fingerprint density at radius 2 is 1.88 bits per heavy atom. The molecule has 0 amide bonds. The van der Waals surface area contributed by atoms with Crippen LogP contribution in [-0.4, -0.2) is 6.17 Å². The average Bonchev–Trinajstić information content (AvgIpc) is 2.38. The minimum absolute atomic E-state index is 0.246. The van der Waals surface area contributed by atoms with Crippen LogP contribution < -0.4 is 10.6 Å². The highest BCUT2D eigenvalue weighted by Crippen LogP contribution is 2.05. The number of aryl methyl sites for hydroxylation is 1. The molecule has 0 radical (unpaired) electrons. The van der Waals surface area contributed by atoms with Crippen LogP contribution >= 0.6 is 0 Å². The fourth-order valence-corrected chi connectivity index (χ4v) is 1.69. The zero-order chi connectivity index (χ0) is 11.2. The van der Waals surface area contributed by atoms with E-state index in [2.05, 4.69) is 47.9 Å². The van der Waals surface area contributed by atoms with Crippen molar-refractivity contribution in [3.63, 3.8) is 0 Å². The molecule has 2 rings (SSSR count). The highest BCUT2D eigenvalue weighted by atomic mass is 15.1. The van der Waals surface area contributed by atoms with Gasteiger partial charge < -0.3 is 5.32 Å². The van der Waals surface area contributed by atoms with Gasteiger partial charge in [-0.2, -0.15) is 0 Å². The Bertz CT molecular complexity index is 376. The summed E-state index contributed by atoms with van der Waals surface area (Å²) in [5.74, 6) is 0. The predicted octanol–water partition coefficient (Wildman–Crippen LogP) is 2.34. The molecule has 1 heterocycles. The molecule has 0 aliphatic carbocycles. The number of rotatable bonds is 4. The third-order valence-corrected chi connectivity index (χ3v) is 2.74. The predicted molar refractivity (Wildman–Crippen MR) is 67.9 cm³/mol. The van der Waals surface area contributed by atoms with Crippen molar-refractivity contribution in [2.24, 2.45) is 0 Å². The Labute approximate surface area is 97.1 Å². The molecule has 1 unspecified atom stereocenters. The largest absolute Gasteiger partial charge is 0.372 e. The number of dihydropyridines is 1. The molecule has 0 aromatic heterocycles. The van der Waals surface area contributed by atoms with Crippen molar-refractivity contribution >= 4 is 0 Å². The fourth-order valence-electron chi connectivity index (χ4n) is 1.69. The van der Waals surface area contributed by atoms with Gasteiger partial charge in [0.2, 0.25) is 0 Å². The van der Waals surface area contributed by atoms with E-state index in [1.165, 1.54) is 11.1 Å². The van der Waals surface area contributed by atoms with Crippen LogP contribution in [0.4, 0.5) is 0 Å². The molecule has 1 aliphatic rings. The van der Waals surface area contributed by atoms with Crippen LogP contribution in [-0.2, 0) is 13.0 Å². The lowest BCUT2D eigenvalue weighted by molar-refractivity contribution is 0.546. The van der Waals surface area contributed by atoms with Gasteiger partial charge in [-0.15, -0.1) is 0 Å². The summed E-state index contributed by atoms with van der Waals surface area (Å²) in [6.07, 6.45) is 9.46. The Hall–Kier alpha value is -1.54. The average molecular weight is 214 g/mol. The van der Waals surface area contributed by atoms with E-state index < -0.39 is 0 Å². The third kappa shape index (κ3) is 2.97. The molecule has 1 aromatic rings. The van der Waals surface area contributed by atoms with E-state index in [1.807, 2.05) is 18.4 Å². The summed E-state index contributed by atoms with van der Waals surface area (Å²) in [6, 6.07) is 8.77. The van der Waals surface area contributed by atoms with E-state index in [4.69, 9.17) is 0 Å². The van der Waals surface area contributed by atoms with Crippen molar-refractivity contribution in [2.45, 2.75) is 26.1 Å². The summed E-state index contributed by atoms with van der Waals surface area (Å²) in [4.78, 5) is 0.